The highest BCUT2D eigenvalue weighted by molar-refractivity contribution is 6.58. The summed E-state index contributed by atoms with van der Waals surface area (Å²) in [6, 6.07) is 5.13. The lowest BCUT2D eigenvalue weighted by Gasteiger charge is -2.33. The van der Waals surface area contributed by atoms with Gasteiger partial charge in [-0.3, -0.25) is 4.90 Å². The molecule has 1 aromatic carbocycles. The zero-order valence-corrected chi connectivity index (χ0v) is 12.2. The molecule has 0 saturated heterocycles. The van der Waals surface area contributed by atoms with Crippen LogP contribution in [-0.4, -0.2) is 35.2 Å². The third-order valence-electron chi connectivity index (χ3n) is 4.38. The second kappa shape index (κ2) is 6.70. The summed E-state index contributed by atoms with van der Waals surface area (Å²) >= 11 is 0. The molecule has 0 atom stereocenters. The van der Waals surface area contributed by atoms with E-state index in [0.29, 0.717) is 12.6 Å². The molecule has 0 aromatic heterocycles. The molecular weight excluding hydrogens is 256 g/mol. The Morgan fingerprint density at radius 2 is 1.90 bits per heavy atom. The van der Waals surface area contributed by atoms with Crippen molar-refractivity contribution in [2.24, 2.45) is 5.92 Å². The van der Waals surface area contributed by atoms with Crippen LogP contribution in [0.4, 0.5) is 4.39 Å². The third kappa shape index (κ3) is 3.81. The van der Waals surface area contributed by atoms with E-state index in [1.54, 1.807) is 12.1 Å². The lowest BCUT2D eigenvalue weighted by atomic mass is 9.79. The van der Waals surface area contributed by atoms with Gasteiger partial charge in [0.1, 0.15) is 5.82 Å². The standard InChI is InChI=1S/C15H23BFNO2/c1-11-3-6-13(7-4-11)18(2)10-12-5-8-15(17)14(9-12)16(19)20/h5,8-9,11,13,19-20H,3-4,6-7,10H2,1-2H3. The van der Waals surface area contributed by atoms with Gasteiger partial charge in [0.2, 0.25) is 0 Å². The summed E-state index contributed by atoms with van der Waals surface area (Å²) in [7, 11) is 0.328. The third-order valence-corrected chi connectivity index (χ3v) is 4.38. The molecule has 20 heavy (non-hydrogen) atoms. The van der Waals surface area contributed by atoms with Crippen molar-refractivity contribution >= 4 is 12.6 Å². The molecule has 5 heteroatoms. The molecule has 2 rings (SSSR count). The molecule has 0 amide bonds. The minimum absolute atomic E-state index is 0.0480. The van der Waals surface area contributed by atoms with Crippen LogP contribution in [0.2, 0.25) is 0 Å². The Morgan fingerprint density at radius 3 is 2.50 bits per heavy atom. The molecule has 1 aromatic rings. The normalized spacial score (nSPS) is 23.1. The lowest BCUT2D eigenvalue weighted by molar-refractivity contribution is 0.164. The van der Waals surface area contributed by atoms with Crippen LogP contribution in [0.5, 0.6) is 0 Å². The van der Waals surface area contributed by atoms with Crippen molar-refractivity contribution in [2.75, 3.05) is 7.05 Å². The summed E-state index contributed by atoms with van der Waals surface area (Å²) in [5.41, 5.74) is 0.865. The molecule has 110 valence electrons. The van der Waals surface area contributed by atoms with Crippen molar-refractivity contribution in [1.29, 1.82) is 0 Å². The van der Waals surface area contributed by atoms with Gasteiger partial charge in [-0.05, 0) is 50.3 Å². The fourth-order valence-electron chi connectivity index (χ4n) is 2.99. The summed E-state index contributed by atoms with van der Waals surface area (Å²) < 4.78 is 13.4. The van der Waals surface area contributed by atoms with Crippen LogP contribution in [0.15, 0.2) is 18.2 Å². The highest BCUT2D eigenvalue weighted by Crippen LogP contribution is 2.27. The molecular formula is C15H23BFNO2. The maximum atomic E-state index is 13.4. The van der Waals surface area contributed by atoms with Crippen molar-refractivity contribution in [3.05, 3.63) is 29.6 Å². The molecule has 0 radical (unpaired) electrons. The van der Waals surface area contributed by atoms with Gasteiger partial charge in [-0.25, -0.2) is 4.39 Å². The van der Waals surface area contributed by atoms with Crippen LogP contribution in [0, 0.1) is 11.7 Å². The number of hydrogen-bond donors (Lipinski definition) is 2. The number of hydrogen-bond acceptors (Lipinski definition) is 3. The average molecular weight is 279 g/mol. The topological polar surface area (TPSA) is 43.7 Å². The van der Waals surface area contributed by atoms with E-state index in [-0.39, 0.29) is 5.46 Å². The van der Waals surface area contributed by atoms with Crippen molar-refractivity contribution in [2.45, 2.75) is 45.2 Å². The molecule has 1 saturated carbocycles. The van der Waals surface area contributed by atoms with E-state index in [9.17, 15) is 4.39 Å². The first kappa shape index (κ1) is 15.5. The second-order valence-corrected chi connectivity index (χ2v) is 6.06. The van der Waals surface area contributed by atoms with E-state index in [1.165, 1.54) is 31.7 Å². The van der Waals surface area contributed by atoms with Crippen LogP contribution in [0.3, 0.4) is 0 Å². The Bertz CT molecular complexity index is 447. The van der Waals surface area contributed by atoms with Gasteiger partial charge in [0, 0.05) is 18.0 Å². The van der Waals surface area contributed by atoms with Crippen molar-refractivity contribution in [3.63, 3.8) is 0 Å². The van der Waals surface area contributed by atoms with Crippen LogP contribution in [0.25, 0.3) is 0 Å². The number of rotatable bonds is 4. The molecule has 2 N–H and O–H groups in total. The van der Waals surface area contributed by atoms with Gasteiger partial charge in [-0.1, -0.05) is 19.1 Å². The predicted molar refractivity (Wildman–Crippen MR) is 79.1 cm³/mol. The minimum Gasteiger partial charge on any atom is -0.423 e. The van der Waals surface area contributed by atoms with Crippen LogP contribution in [-0.2, 0) is 6.54 Å². The summed E-state index contributed by atoms with van der Waals surface area (Å²) in [6.07, 6.45) is 4.93. The van der Waals surface area contributed by atoms with Gasteiger partial charge in [0.05, 0.1) is 0 Å². The van der Waals surface area contributed by atoms with Crippen molar-refractivity contribution in [1.82, 2.24) is 4.90 Å². The quantitative estimate of drug-likeness (QED) is 0.821. The maximum absolute atomic E-state index is 13.4. The SMILES string of the molecule is CC1CCC(N(C)Cc2ccc(F)c(B(O)O)c2)CC1. The molecule has 0 spiro atoms. The average Bonchev–Trinajstić information content (AvgIpc) is 2.41. The first-order valence-electron chi connectivity index (χ1n) is 7.32. The van der Waals surface area contributed by atoms with E-state index in [4.69, 9.17) is 10.0 Å². The first-order chi connectivity index (χ1) is 9.47. The Balaban J connectivity index is 2.00. The Hall–Kier alpha value is -0.905. The minimum atomic E-state index is -1.75. The smallest absolute Gasteiger partial charge is 0.423 e. The van der Waals surface area contributed by atoms with Crippen LogP contribution < -0.4 is 5.46 Å². The summed E-state index contributed by atoms with van der Waals surface area (Å²) in [6.45, 7) is 3.00. The highest BCUT2D eigenvalue weighted by Gasteiger charge is 2.22. The molecule has 3 nitrogen and oxygen atoms in total. The zero-order chi connectivity index (χ0) is 14.7. The van der Waals surface area contributed by atoms with E-state index in [0.717, 1.165) is 11.5 Å². The number of halogens is 1. The molecule has 0 heterocycles. The summed E-state index contributed by atoms with van der Waals surface area (Å²) in [5, 5.41) is 18.3. The first-order valence-corrected chi connectivity index (χ1v) is 7.32. The van der Waals surface area contributed by atoms with Gasteiger partial charge in [-0.2, -0.15) is 0 Å². The number of benzene rings is 1. The zero-order valence-electron chi connectivity index (χ0n) is 12.2. The van der Waals surface area contributed by atoms with Gasteiger partial charge in [0.25, 0.3) is 0 Å². The molecule has 0 bridgehead atoms. The molecule has 1 aliphatic carbocycles. The molecule has 1 aliphatic rings. The monoisotopic (exact) mass is 279 g/mol. The van der Waals surface area contributed by atoms with Crippen LogP contribution in [0.1, 0.15) is 38.2 Å². The Kier molecular flexibility index (Phi) is 5.19. The van der Waals surface area contributed by atoms with Gasteiger partial charge in [0.15, 0.2) is 0 Å². The Morgan fingerprint density at radius 1 is 1.25 bits per heavy atom. The van der Waals surface area contributed by atoms with Gasteiger partial charge >= 0.3 is 7.12 Å². The lowest BCUT2D eigenvalue weighted by Crippen LogP contribution is -2.36. The predicted octanol–water partition coefficient (Wildman–Crippen LogP) is 1.52. The van der Waals surface area contributed by atoms with E-state index < -0.39 is 12.9 Å². The van der Waals surface area contributed by atoms with Gasteiger partial charge < -0.3 is 10.0 Å². The Labute approximate surface area is 120 Å². The van der Waals surface area contributed by atoms with Gasteiger partial charge in [-0.15, -0.1) is 0 Å². The fraction of sp³-hybridized carbons (Fsp3) is 0.600. The van der Waals surface area contributed by atoms with E-state index in [1.807, 2.05) is 0 Å². The number of nitrogens with zero attached hydrogens (tertiary/aromatic N) is 1. The molecule has 1 fully saturated rings. The van der Waals surface area contributed by atoms with Crippen LogP contribution >= 0.6 is 0 Å². The second-order valence-electron chi connectivity index (χ2n) is 6.06. The van der Waals surface area contributed by atoms with E-state index >= 15 is 0 Å². The molecule has 0 unspecified atom stereocenters. The molecule has 0 aliphatic heterocycles. The fourth-order valence-corrected chi connectivity index (χ4v) is 2.99. The maximum Gasteiger partial charge on any atom is 0.491 e. The largest absolute Gasteiger partial charge is 0.491 e. The highest BCUT2D eigenvalue weighted by atomic mass is 19.1. The van der Waals surface area contributed by atoms with Crippen molar-refractivity contribution in [3.8, 4) is 0 Å². The summed E-state index contributed by atoms with van der Waals surface area (Å²) in [4.78, 5) is 2.28. The van der Waals surface area contributed by atoms with E-state index in [2.05, 4.69) is 18.9 Å². The summed E-state index contributed by atoms with van der Waals surface area (Å²) in [5.74, 6) is 0.250. The van der Waals surface area contributed by atoms with Crippen molar-refractivity contribution < 1.29 is 14.4 Å².